The highest BCUT2D eigenvalue weighted by Gasteiger charge is 2.02. The summed E-state index contributed by atoms with van der Waals surface area (Å²) < 4.78 is 11.5. The maximum Gasteiger partial charge on any atom is 0.161 e. The first-order chi connectivity index (χ1) is 10.2. The van der Waals surface area contributed by atoms with E-state index < -0.39 is 0 Å². The van der Waals surface area contributed by atoms with Crippen LogP contribution in [-0.4, -0.2) is 20.4 Å². The van der Waals surface area contributed by atoms with Gasteiger partial charge in [-0.3, -0.25) is 0 Å². The molecule has 0 spiro atoms. The van der Waals surface area contributed by atoms with Gasteiger partial charge in [0.2, 0.25) is 0 Å². The van der Waals surface area contributed by atoms with E-state index in [-0.39, 0.29) is 0 Å². The average molecular weight is 350 g/mol. The molecule has 110 valence electrons. The van der Waals surface area contributed by atoms with Crippen molar-refractivity contribution < 1.29 is 14.3 Å². The lowest BCUT2D eigenvalue weighted by Crippen LogP contribution is -1.92. The Bertz CT molecular complexity index is 611. The first kappa shape index (κ1) is 15.4. The zero-order valence-corrected chi connectivity index (χ0v) is 13.5. The second-order valence-corrected chi connectivity index (χ2v) is 5.16. The van der Waals surface area contributed by atoms with Gasteiger partial charge in [0.15, 0.2) is 11.5 Å². The van der Waals surface area contributed by atoms with Crippen LogP contribution in [0.1, 0.15) is 11.1 Å². The fourth-order valence-corrected chi connectivity index (χ4v) is 1.99. The topological polar surface area (TPSA) is 40.0 Å². The molecular weight excluding hydrogens is 334 g/mol. The molecule has 0 unspecified atom stereocenters. The molecule has 5 heteroatoms. The summed E-state index contributed by atoms with van der Waals surface area (Å²) in [6.45, 7) is 0.428. The van der Waals surface area contributed by atoms with Gasteiger partial charge in [0.1, 0.15) is 6.61 Å². The van der Waals surface area contributed by atoms with Gasteiger partial charge in [-0.15, -0.1) is 0 Å². The minimum absolute atomic E-state index is 0.428. The second kappa shape index (κ2) is 7.69. The minimum atomic E-state index is 0.428. The van der Waals surface area contributed by atoms with E-state index in [4.69, 9.17) is 14.3 Å². The van der Waals surface area contributed by atoms with E-state index in [2.05, 4.69) is 21.1 Å². The SMILES string of the molecule is COc1ccc(/C=N\OCc2ccc(Br)cc2)cc1OC. The lowest BCUT2D eigenvalue weighted by atomic mass is 10.2. The standard InChI is InChI=1S/C16H16BrNO3/c1-19-15-8-5-13(9-16(15)20-2)10-18-21-11-12-3-6-14(17)7-4-12/h3-10H,11H2,1-2H3/b18-10-. The summed E-state index contributed by atoms with van der Waals surface area (Å²) >= 11 is 3.39. The van der Waals surface area contributed by atoms with E-state index in [0.717, 1.165) is 15.6 Å². The first-order valence-corrected chi connectivity index (χ1v) is 7.14. The fraction of sp³-hybridized carbons (Fsp3) is 0.188. The van der Waals surface area contributed by atoms with Crippen LogP contribution >= 0.6 is 15.9 Å². The predicted octanol–water partition coefficient (Wildman–Crippen LogP) is 4.02. The third kappa shape index (κ3) is 4.49. The molecule has 2 rings (SSSR count). The Kier molecular flexibility index (Phi) is 5.63. The molecule has 0 aromatic heterocycles. The number of rotatable bonds is 6. The molecule has 0 aliphatic heterocycles. The third-order valence-corrected chi connectivity index (χ3v) is 3.36. The van der Waals surface area contributed by atoms with Crippen LogP contribution in [0.2, 0.25) is 0 Å². The monoisotopic (exact) mass is 349 g/mol. The van der Waals surface area contributed by atoms with Gasteiger partial charge < -0.3 is 14.3 Å². The maximum atomic E-state index is 5.28. The molecule has 0 amide bonds. The lowest BCUT2D eigenvalue weighted by molar-refractivity contribution is 0.132. The first-order valence-electron chi connectivity index (χ1n) is 6.34. The minimum Gasteiger partial charge on any atom is -0.493 e. The van der Waals surface area contributed by atoms with Crippen LogP contribution in [-0.2, 0) is 11.4 Å². The van der Waals surface area contributed by atoms with Crippen molar-refractivity contribution in [2.75, 3.05) is 14.2 Å². The molecule has 2 aromatic carbocycles. The van der Waals surface area contributed by atoms with Gasteiger partial charge in [-0.1, -0.05) is 33.2 Å². The highest BCUT2D eigenvalue weighted by atomic mass is 79.9. The van der Waals surface area contributed by atoms with Crippen molar-refractivity contribution in [3.8, 4) is 11.5 Å². The van der Waals surface area contributed by atoms with Crippen LogP contribution in [0, 0.1) is 0 Å². The largest absolute Gasteiger partial charge is 0.493 e. The molecule has 0 atom stereocenters. The van der Waals surface area contributed by atoms with Gasteiger partial charge in [0, 0.05) is 10.0 Å². The number of hydrogen-bond donors (Lipinski definition) is 0. The number of methoxy groups -OCH3 is 2. The molecule has 0 N–H and O–H groups in total. The summed E-state index contributed by atoms with van der Waals surface area (Å²) in [6, 6.07) is 13.5. The fourth-order valence-electron chi connectivity index (χ4n) is 1.72. The molecule has 21 heavy (non-hydrogen) atoms. The highest BCUT2D eigenvalue weighted by molar-refractivity contribution is 9.10. The van der Waals surface area contributed by atoms with Crippen molar-refractivity contribution in [1.29, 1.82) is 0 Å². The summed E-state index contributed by atoms with van der Waals surface area (Å²) in [5.41, 5.74) is 1.94. The molecule has 0 saturated heterocycles. The summed E-state index contributed by atoms with van der Waals surface area (Å²) in [5, 5.41) is 3.96. The number of nitrogens with zero attached hydrogens (tertiary/aromatic N) is 1. The van der Waals surface area contributed by atoms with Crippen molar-refractivity contribution >= 4 is 22.1 Å². The van der Waals surface area contributed by atoms with Crippen molar-refractivity contribution in [3.63, 3.8) is 0 Å². The number of hydrogen-bond acceptors (Lipinski definition) is 4. The molecule has 0 bridgehead atoms. The Morgan fingerprint density at radius 3 is 2.38 bits per heavy atom. The van der Waals surface area contributed by atoms with Crippen LogP contribution in [0.15, 0.2) is 52.1 Å². The Morgan fingerprint density at radius 2 is 1.71 bits per heavy atom. The summed E-state index contributed by atoms with van der Waals surface area (Å²) in [6.07, 6.45) is 1.64. The predicted molar refractivity (Wildman–Crippen MR) is 86.1 cm³/mol. The molecule has 0 radical (unpaired) electrons. The lowest BCUT2D eigenvalue weighted by Gasteiger charge is -2.07. The quantitative estimate of drug-likeness (QED) is 0.584. The number of oxime groups is 1. The molecular formula is C16H16BrNO3. The van der Waals surface area contributed by atoms with E-state index in [0.29, 0.717) is 18.1 Å². The van der Waals surface area contributed by atoms with Gasteiger partial charge >= 0.3 is 0 Å². The van der Waals surface area contributed by atoms with Gasteiger partial charge in [-0.2, -0.15) is 0 Å². The van der Waals surface area contributed by atoms with Gasteiger partial charge in [-0.25, -0.2) is 0 Å². The zero-order valence-electron chi connectivity index (χ0n) is 11.9. The molecule has 0 fully saturated rings. The molecule has 4 nitrogen and oxygen atoms in total. The number of ether oxygens (including phenoxy) is 2. The van der Waals surface area contributed by atoms with E-state index in [1.165, 1.54) is 0 Å². The van der Waals surface area contributed by atoms with E-state index in [1.54, 1.807) is 20.4 Å². The Hall–Kier alpha value is -2.01. The molecule has 0 aliphatic carbocycles. The van der Waals surface area contributed by atoms with Crippen LogP contribution < -0.4 is 9.47 Å². The summed E-state index contributed by atoms with van der Waals surface area (Å²) in [7, 11) is 3.20. The van der Waals surface area contributed by atoms with Crippen molar-refractivity contribution in [3.05, 3.63) is 58.1 Å². The van der Waals surface area contributed by atoms with Crippen molar-refractivity contribution in [2.24, 2.45) is 5.16 Å². The van der Waals surface area contributed by atoms with Gasteiger partial charge in [0.05, 0.1) is 20.4 Å². The maximum absolute atomic E-state index is 5.28. The molecule has 0 aliphatic rings. The number of halogens is 1. The molecule has 0 saturated carbocycles. The van der Waals surface area contributed by atoms with Crippen molar-refractivity contribution in [1.82, 2.24) is 0 Å². The third-order valence-electron chi connectivity index (χ3n) is 2.83. The summed E-state index contributed by atoms with van der Waals surface area (Å²) in [4.78, 5) is 5.28. The molecule has 0 heterocycles. The normalized spacial score (nSPS) is 10.6. The number of benzene rings is 2. The second-order valence-electron chi connectivity index (χ2n) is 4.25. The Balaban J connectivity index is 1.93. The van der Waals surface area contributed by atoms with Crippen LogP contribution in [0.4, 0.5) is 0 Å². The van der Waals surface area contributed by atoms with E-state index in [1.807, 2.05) is 42.5 Å². The van der Waals surface area contributed by atoms with Gasteiger partial charge in [-0.05, 0) is 35.9 Å². The van der Waals surface area contributed by atoms with E-state index >= 15 is 0 Å². The van der Waals surface area contributed by atoms with Crippen LogP contribution in [0.3, 0.4) is 0 Å². The Morgan fingerprint density at radius 1 is 1.00 bits per heavy atom. The Labute approximate surface area is 132 Å². The highest BCUT2D eigenvalue weighted by Crippen LogP contribution is 2.26. The summed E-state index contributed by atoms with van der Waals surface area (Å²) in [5.74, 6) is 1.35. The van der Waals surface area contributed by atoms with Crippen LogP contribution in [0.5, 0.6) is 11.5 Å². The molecule has 2 aromatic rings. The average Bonchev–Trinajstić information content (AvgIpc) is 2.53. The van der Waals surface area contributed by atoms with E-state index in [9.17, 15) is 0 Å². The van der Waals surface area contributed by atoms with Crippen molar-refractivity contribution in [2.45, 2.75) is 6.61 Å². The van der Waals surface area contributed by atoms with Crippen LogP contribution in [0.25, 0.3) is 0 Å². The van der Waals surface area contributed by atoms with Gasteiger partial charge in [0.25, 0.3) is 0 Å². The smallest absolute Gasteiger partial charge is 0.161 e. The zero-order chi connectivity index (χ0) is 15.1.